The maximum atomic E-state index is 11.6. The normalized spacial score (nSPS) is 14.4. The van der Waals surface area contributed by atoms with Crippen LogP contribution >= 0.6 is 0 Å². The third-order valence-electron chi connectivity index (χ3n) is 3.02. The quantitative estimate of drug-likeness (QED) is 0.440. The van der Waals surface area contributed by atoms with Gasteiger partial charge in [0.2, 0.25) is 5.91 Å². The van der Waals surface area contributed by atoms with E-state index in [9.17, 15) is 9.90 Å². The molecule has 3 N–H and O–H groups in total. The molecule has 0 radical (unpaired) electrons. The fourth-order valence-electron chi connectivity index (χ4n) is 1.68. The number of carbonyl (C=O) groups is 1. The molecule has 2 atom stereocenters. The van der Waals surface area contributed by atoms with Crippen LogP contribution in [0.15, 0.2) is 0 Å². The topological polar surface area (TPSA) is 73.8 Å². The second-order valence-corrected chi connectivity index (χ2v) is 4.55. The van der Waals surface area contributed by atoms with Crippen LogP contribution in [-0.2, 0) is 9.53 Å². The lowest BCUT2D eigenvalue weighted by atomic mass is 10.2. The van der Waals surface area contributed by atoms with Crippen molar-refractivity contribution in [3.63, 3.8) is 0 Å². The van der Waals surface area contributed by atoms with Crippen LogP contribution in [0.4, 0.5) is 0 Å². The molecular formula is C13H29N3O3. The van der Waals surface area contributed by atoms with Gasteiger partial charge in [-0.05, 0) is 20.0 Å². The minimum absolute atomic E-state index is 0.0768. The average molecular weight is 275 g/mol. The van der Waals surface area contributed by atoms with Crippen molar-refractivity contribution in [2.75, 3.05) is 46.4 Å². The number of aliphatic hydroxyl groups excluding tert-OH is 1. The van der Waals surface area contributed by atoms with Crippen LogP contribution in [0.2, 0.25) is 0 Å². The van der Waals surface area contributed by atoms with Gasteiger partial charge in [0, 0.05) is 26.7 Å². The number of nitrogens with one attached hydrogen (secondary N) is 2. The van der Waals surface area contributed by atoms with Crippen molar-refractivity contribution in [1.82, 2.24) is 15.5 Å². The highest BCUT2D eigenvalue weighted by atomic mass is 16.5. The van der Waals surface area contributed by atoms with Crippen LogP contribution in [0.5, 0.6) is 0 Å². The van der Waals surface area contributed by atoms with E-state index in [2.05, 4.69) is 29.4 Å². The Morgan fingerprint density at radius 2 is 2.00 bits per heavy atom. The molecule has 114 valence electrons. The van der Waals surface area contributed by atoms with Gasteiger partial charge in [0.25, 0.3) is 0 Å². The first-order chi connectivity index (χ1) is 9.04. The molecule has 0 bridgehead atoms. The van der Waals surface area contributed by atoms with Gasteiger partial charge < -0.3 is 25.4 Å². The van der Waals surface area contributed by atoms with E-state index in [4.69, 9.17) is 4.74 Å². The Morgan fingerprint density at radius 1 is 1.37 bits per heavy atom. The second-order valence-electron chi connectivity index (χ2n) is 4.55. The van der Waals surface area contributed by atoms with E-state index in [1.165, 1.54) is 0 Å². The van der Waals surface area contributed by atoms with Crippen LogP contribution in [-0.4, -0.2) is 74.5 Å². The maximum Gasteiger partial charge on any atom is 0.236 e. The first-order valence-corrected chi connectivity index (χ1v) is 6.95. The predicted molar refractivity (Wildman–Crippen MR) is 76.1 cm³/mol. The molecule has 0 aromatic rings. The van der Waals surface area contributed by atoms with Gasteiger partial charge in [0.1, 0.15) is 0 Å². The molecule has 19 heavy (non-hydrogen) atoms. The average Bonchev–Trinajstić information content (AvgIpc) is 2.42. The maximum absolute atomic E-state index is 11.6. The predicted octanol–water partition coefficient (Wildman–Crippen LogP) is -0.570. The summed E-state index contributed by atoms with van der Waals surface area (Å²) in [6.45, 7) is 9.79. The minimum atomic E-state index is -0.464. The molecule has 0 rings (SSSR count). The zero-order valence-electron chi connectivity index (χ0n) is 12.6. The minimum Gasteiger partial charge on any atom is -0.390 e. The van der Waals surface area contributed by atoms with Crippen molar-refractivity contribution in [3.8, 4) is 0 Å². The molecule has 6 nitrogen and oxygen atoms in total. The highest BCUT2D eigenvalue weighted by Gasteiger charge is 2.14. The molecule has 0 aliphatic carbocycles. The standard InChI is InChI=1S/C13H29N3O3/c1-5-16(6-2)10-12(17)9-15-11(3)13(18)14-7-8-19-4/h11-12,15,17H,5-10H2,1-4H3,(H,14,18). The summed E-state index contributed by atoms with van der Waals surface area (Å²) in [5, 5.41) is 15.7. The molecule has 1 amide bonds. The summed E-state index contributed by atoms with van der Waals surface area (Å²) in [5.41, 5.74) is 0. The Hall–Kier alpha value is -0.690. The van der Waals surface area contributed by atoms with E-state index in [1.54, 1.807) is 14.0 Å². The largest absolute Gasteiger partial charge is 0.390 e. The van der Waals surface area contributed by atoms with Crippen molar-refractivity contribution in [1.29, 1.82) is 0 Å². The molecule has 0 aliphatic heterocycles. The fraction of sp³-hybridized carbons (Fsp3) is 0.923. The number of hydrogen-bond acceptors (Lipinski definition) is 5. The van der Waals surface area contributed by atoms with Gasteiger partial charge in [-0.1, -0.05) is 13.8 Å². The van der Waals surface area contributed by atoms with E-state index in [0.29, 0.717) is 26.2 Å². The summed E-state index contributed by atoms with van der Waals surface area (Å²) in [4.78, 5) is 13.8. The Morgan fingerprint density at radius 3 is 2.53 bits per heavy atom. The molecular weight excluding hydrogens is 246 g/mol. The molecule has 0 aromatic carbocycles. The number of aliphatic hydroxyl groups is 1. The fourth-order valence-corrected chi connectivity index (χ4v) is 1.68. The third-order valence-corrected chi connectivity index (χ3v) is 3.02. The molecule has 0 saturated heterocycles. The molecule has 0 heterocycles. The van der Waals surface area contributed by atoms with Gasteiger partial charge in [0.05, 0.1) is 18.8 Å². The molecule has 0 fully saturated rings. The second kappa shape index (κ2) is 11.2. The number of carbonyl (C=O) groups excluding carboxylic acids is 1. The summed E-state index contributed by atoms with van der Waals surface area (Å²) in [6.07, 6.45) is -0.464. The highest BCUT2D eigenvalue weighted by molar-refractivity contribution is 5.81. The van der Waals surface area contributed by atoms with E-state index in [-0.39, 0.29) is 11.9 Å². The van der Waals surface area contributed by atoms with E-state index in [0.717, 1.165) is 13.1 Å². The Kier molecular flexibility index (Phi) is 10.8. The monoisotopic (exact) mass is 275 g/mol. The molecule has 0 aliphatic rings. The van der Waals surface area contributed by atoms with Gasteiger partial charge in [0.15, 0.2) is 0 Å². The number of hydrogen-bond donors (Lipinski definition) is 3. The highest BCUT2D eigenvalue weighted by Crippen LogP contribution is 1.92. The molecule has 6 heteroatoms. The van der Waals surface area contributed by atoms with E-state index >= 15 is 0 Å². The van der Waals surface area contributed by atoms with Crippen LogP contribution in [0.25, 0.3) is 0 Å². The van der Waals surface area contributed by atoms with Crippen LogP contribution < -0.4 is 10.6 Å². The lowest BCUT2D eigenvalue weighted by Gasteiger charge is -2.23. The Bertz CT molecular complexity index is 235. The van der Waals surface area contributed by atoms with Crippen LogP contribution in [0, 0.1) is 0 Å². The molecule has 0 aromatic heterocycles. The Balaban J connectivity index is 3.81. The Labute approximate surface area is 116 Å². The summed E-state index contributed by atoms with van der Waals surface area (Å²) in [5.74, 6) is -0.0768. The van der Waals surface area contributed by atoms with E-state index in [1.807, 2.05) is 0 Å². The number of nitrogens with zero attached hydrogens (tertiary/aromatic N) is 1. The molecule has 2 unspecified atom stereocenters. The number of amides is 1. The third kappa shape index (κ3) is 8.93. The number of ether oxygens (including phenoxy) is 1. The summed E-state index contributed by atoms with van der Waals surface area (Å²) >= 11 is 0. The summed E-state index contributed by atoms with van der Waals surface area (Å²) in [6, 6.07) is -0.316. The number of likely N-dealkylation sites (N-methyl/N-ethyl adjacent to an activating group) is 1. The molecule has 0 spiro atoms. The summed E-state index contributed by atoms with van der Waals surface area (Å²) in [7, 11) is 1.59. The van der Waals surface area contributed by atoms with Crippen molar-refractivity contribution in [3.05, 3.63) is 0 Å². The first-order valence-electron chi connectivity index (χ1n) is 6.95. The summed E-state index contributed by atoms with van der Waals surface area (Å²) < 4.78 is 4.86. The van der Waals surface area contributed by atoms with Crippen molar-refractivity contribution >= 4 is 5.91 Å². The van der Waals surface area contributed by atoms with Gasteiger partial charge in [-0.25, -0.2) is 0 Å². The lowest BCUT2D eigenvalue weighted by Crippen LogP contribution is -2.47. The van der Waals surface area contributed by atoms with Gasteiger partial charge in [-0.3, -0.25) is 4.79 Å². The number of methoxy groups -OCH3 is 1. The lowest BCUT2D eigenvalue weighted by molar-refractivity contribution is -0.123. The van der Waals surface area contributed by atoms with Crippen molar-refractivity contribution < 1.29 is 14.6 Å². The van der Waals surface area contributed by atoms with Gasteiger partial charge in [-0.2, -0.15) is 0 Å². The SMILES string of the molecule is CCN(CC)CC(O)CNC(C)C(=O)NCCOC. The van der Waals surface area contributed by atoms with Crippen molar-refractivity contribution in [2.24, 2.45) is 0 Å². The van der Waals surface area contributed by atoms with Gasteiger partial charge in [-0.15, -0.1) is 0 Å². The molecule has 0 saturated carbocycles. The smallest absolute Gasteiger partial charge is 0.236 e. The zero-order chi connectivity index (χ0) is 14.7. The van der Waals surface area contributed by atoms with Crippen molar-refractivity contribution in [2.45, 2.75) is 32.9 Å². The van der Waals surface area contributed by atoms with Crippen LogP contribution in [0.3, 0.4) is 0 Å². The zero-order valence-corrected chi connectivity index (χ0v) is 12.6. The first kappa shape index (κ1) is 18.3. The number of rotatable bonds is 11. The van der Waals surface area contributed by atoms with E-state index < -0.39 is 6.10 Å². The van der Waals surface area contributed by atoms with Crippen LogP contribution in [0.1, 0.15) is 20.8 Å². The van der Waals surface area contributed by atoms with Gasteiger partial charge >= 0.3 is 0 Å².